The van der Waals surface area contributed by atoms with Crippen molar-refractivity contribution in [3.63, 3.8) is 0 Å². The maximum Gasteiger partial charge on any atom is 0.335 e. The van der Waals surface area contributed by atoms with Crippen LogP contribution in [0.3, 0.4) is 0 Å². The number of carboxylic acids is 1. The van der Waals surface area contributed by atoms with Gasteiger partial charge in [0.2, 0.25) is 0 Å². The van der Waals surface area contributed by atoms with Crippen molar-refractivity contribution in [2.24, 2.45) is 0 Å². The number of anilines is 1. The van der Waals surface area contributed by atoms with Gasteiger partial charge in [0.1, 0.15) is 14.1 Å². The second-order valence-corrected chi connectivity index (χ2v) is 10.6. The SMILES string of the molecule is Cc1ccc(C(=O)O)cc1C1=C2C=CC(=[N+](C)C)C=C2P(=O)(O)c2cc(N(C)C)ccc21. The van der Waals surface area contributed by atoms with Crippen LogP contribution >= 0.6 is 7.37 Å². The van der Waals surface area contributed by atoms with E-state index in [4.69, 9.17) is 0 Å². The van der Waals surface area contributed by atoms with Gasteiger partial charge in [0.25, 0.3) is 7.37 Å². The molecule has 2 aromatic rings. The average molecular weight is 449 g/mol. The average Bonchev–Trinajstić information content (AvgIpc) is 2.74. The number of carboxylic acid groups (broad SMARTS) is 1. The first-order chi connectivity index (χ1) is 15.0. The summed E-state index contributed by atoms with van der Waals surface area (Å²) in [6, 6.07) is 10.5. The van der Waals surface area contributed by atoms with E-state index in [1.54, 1.807) is 30.3 Å². The number of aryl methyl sites for hydroxylation is 1. The quantitative estimate of drug-likeness (QED) is 0.553. The Morgan fingerprint density at radius 1 is 1.03 bits per heavy atom. The lowest BCUT2D eigenvalue weighted by molar-refractivity contribution is -0.462. The lowest BCUT2D eigenvalue weighted by atomic mass is 9.87. The van der Waals surface area contributed by atoms with E-state index in [0.717, 1.165) is 28.1 Å². The van der Waals surface area contributed by atoms with Crippen LogP contribution in [-0.4, -0.2) is 54.4 Å². The number of rotatable bonds is 3. The molecule has 2 aromatic carbocycles. The van der Waals surface area contributed by atoms with Gasteiger partial charge in [0.15, 0.2) is 5.71 Å². The molecule has 6 nitrogen and oxygen atoms in total. The summed E-state index contributed by atoms with van der Waals surface area (Å²) in [6.07, 6.45) is 5.53. The third kappa shape index (κ3) is 3.46. The van der Waals surface area contributed by atoms with E-state index in [9.17, 15) is 19.4 Å². The minimum absolute atomic E-state index is 0.175. The van der Waals surface area contributed by atoms with Gasteiger partial charge in [-0.3, -0.25) is 4.57 Å². The van der Waals surface area contributed by atoms with E-state index in [0.29, 0.717) is 21.8 Å². The molecule has 0 aromatic heterocycles. The number of nitrogens with zero attached hydrogens (tertiary/aromatic N) is 2. The van der Waals surface area contributed by atoms with Crippen LogP contribution in [0.15, 0.2) is 65.5 Å². The predicted molar refractivity (Wildman–Crippen MR) is 129 cm³/mol. The van der Waals surface area contributed by atoms with Crippen molar-refractivity contribution in [1.29, 1.82) is 0 Å². The van der Waals surface area contributed by atoms with Gasteiger partial charge in [-0.05, 0) is 65.1 Å². The molecule has 32 heavy (non-hydrogen) atoms. The molecule has 0 amide bonds. The van der Waals surface area contributed by atoms with Gasteiger partial charge in [-0.25, -0.2) is 9.37 Å². The van der Waals surface area contributed by atoms with Crippen molar-refractivity contribution in [1.82, 2.24) is 0 Å². The van der Waals surface area contributed by atoms with Crippen LogP contribution in [-0.2, 0) is 4.57 Å². The van der Waals surface area contributed by atoms with Crippen LogP contribution < -0.4 is 10.2 Å². The van der Waals surface area contributed by atoms with E-state index in [1.165, 1.54) is 0 Å². The summed E-state index contributed by atoms with van der Waals surface area (Å²) in [5, 5.41) is 10.3. The van der Waals surface area contributed by atoms with Gasteiger partial charge in [-0.15, -0.1) is 0 Å². The molecule has 0 bridgehead atoms. The number of allylic oxidation sites excluding steroid dienone is 5. The Hall–Kier alpha value is -3.21. The van der Waals surface area contributed by atoms with Crippen molar-refractivity contribution < 1.29 is 23.9 Å². The third-order valence-corrected chi connectivity index (χ3v) is 7.99. The Kier molecular flexibility index (Phi) is 5.32. The highest BCUT2D eigenvalue weighted by Gasteiger charge is 2.40. The third-order valence-electron chi connectivity index (χ3n) is 5.94. The van der Waals surface area contributed by atoms with E-state index in [-0.39, 0.29) is 5.56 Å². The Morgan fingerprint density at radius 2 is 1.75 bits per heavy atom. The van der Waals surface area contributed by atoms with Gasteiger partial charge in [0.05, 0.1) is 16.2 Å². The molecule has 1 heterocycles. The summed E-state index contributed by atoms with van der Waals surface area (Å²) in [4.78, 5) is 24.9. The Balaban J connectivity index is 2.14. The lowest BCUT2D eigenvalue weighted by Crippen LogP contribution is -2.24. The van der Waals surface area contributed by atoms with Gasteiger partial charge in [-0.1, -0.05) is 12.1 Å². The molecule has 7 heteroatoms. The first kappa shape index (κ1) is 22.0. The molecule has 1 aliphatic heterocycles. The fraction of sp³-hybridized carbons (Fsp3) is 0.200. The largest absolute Gasteiger partial charge is 0.478 e. The smallest absolute Gasteiger partial charge is 0.335 e. The zero-order chi connectivity index (χ0) is 23.4. The van der Waals surface area contributed by atoms with E-state index < -0.39 is 13.3 Å². The molecular weight excluding hydrogens is 423 g/mol. The van der Waals surface area contributed by atoms with E-state index in [1.807, 2.05) is 68.9 Å². The number of aromatic carboxylic acids is 1. The molecule has 0 saturated carbocycles. The van der Waals surface area contributed by atoms with Crippen LogP contribution in [0.1, 0.15) is 27.0 Å². The first-order valence-corrected chi connectivity index (χ1v) is 11.9. The molecular formula is C25H26N2O4P+. The molecule has 1 aliphatic carbocycles. The van der Waals surface area contributed by atoms with Crippen molar-refractivity contribution in [3.05, 3.63) is 87.8 Å². The minimum atomic E-state index is -3.89. The Morgan fingerprint density at radius 3 is 2.38 bits per heavy atom. The molecule has 1 unspecified atom stereocenters. The second-order valence-electron chi connectivity index (χ2n) is 8.48. The van der Waals surface area contributed by atoms with Gasteiger partial charge in [-0.2, -0.15) is 0 Å². The van der Waals surface area contributed by atoms with E-state index >= 15 is 0 Å². The number of hydrogen-bond donors (Lipinski definition) is 2. The normalized spacial score (nSPS) is 19.3. The summed E-state index contributed by atoms with van der Waals surface area (Å²) >= 11 is 0. The van der Waals surface area contributed by atoms with Crippen LogP contribution in [0.4, 0.5) is 5.69 Å². The standard InChI is InChI=1S/C25H25N2O4P/c1-15-6-7-16(25(28)29)12-21(15)24-19-10-8-17(26(2)3)13-22(19)32(30,31)23-14-18(27(4)5)9-11-20(23)24/h6-14H,1-5H3,(H-,28,29,30,31)/p+1. The van der Waals surface area contributed by atoms with Crippen molar-refractivity contribution in [2.45, 2.75) is 6.92 Å². The fourth-order valence-electron chi connectivity index (χ4n) is 4.11. The lowest BCUT2D eigenvalue weighted by Gasteiger charge is -2.31. The molecule has 1 atom stereocenters. The monoisotopic (exact) mass is 449 g/mol. The molecule has 0 radical (unpaired) electrons. The highest BCUT2D eigenvalue weighted by atomic mass is 31.2. The fourth-order valence-corrected chi connectivity index (χ4v) is 6.01. The molecule has 2 N–H and O–H groups in total. The van der Waals surface area contributed by atoms with Gasteiger partial charge >= 0.3 is 5.97 Å². The van der Waals surface area contributed by atoms with Crippen LogP contribution in [0.2, 0.25) is 0 Å². The molecule has 2 aliphatic rings. The summed E-state index contributed by atoms with van der Waals surface area (Å²) in [7, 11) is 3.65. The highest BCUT2D eigenvalue weighted by molar-refractivity contribution is 7.71. The Bertz CT molecular complexity index is 1340. The van der Waals surface area contributed by atoms with Crippen molar-refractivity contribution in [2.75, 3.05) is 33.1 Å². The number of benzene rings is 2. The zero-order valence-corrected chi connectivity index (χ0v) is 19.6. The van der Waals surface area contributed by atoms with Crippen molar-refractivity contribution in [3.8, 4) is 0 Å². The van der Waals surface area contributed by atoms with Crippen LogP contribution in [0.25, 0.3) is 5.57 Å². The minimum Gasteiger partial charge on any atom is -0.478 e. The van der Waals surface area contributed by atoms with Crippen molar-refractivity contribution >= 4 is 35.6 Å². The van der Waals surface area contributed by atoms with Gasteiger partial charge < -0.3 is 14.9 Å². The predicted octanol–water partition coefficient (Wildman–Crippen LogP) is 3.64. The molecule has 0 saturated heterocycles. The summed E-state index contributed by atoms with van der Waals surface area (Å²) in [6.45, 7) is 1.92. The molecule has 0 fully saturated rings. The highest BCUT2D eigenvalue weighted by Crippen LogP contribution is 2.59. The summed E-state index contributed by atoms with van der Waals surface area (Å²) in [5.41, 5.74) is 5.52. The number of hydrogen-bond acceptors (Lipinski definition) is 3. The summed E-state index contributed by atoms with van der Waals surface area (Å²) < 4.78 is 15.8. The van der Waals surface area contributed by atoms with Crippen LogP contribution in [0, 0.1) is 6.92 Å². The molecule has 4 rings (SSSR count). The topological polar surface area (TPSA) is 80.8 Å². The molecule has 0 spiro atoms. The van der Waals surface area contributed by atoms with Gasteiger partial charge in [0, 0.05) is 31.9 Å². The number of fused-ring (bicyclic) bond motifs is 2. The Labute approximate surface area is 187 Å². The first-order valence-electron chi connectivity index (χ1n) is 10.2. The van der Waals surface area contributed by atoms with E-state index in [2.05, 4.69) is 0 Å². The maximum atomic E-state index is 13.9. The summed E-state index contributed by atoms with van der Waals surface area (Å²) in [5.74, 6) is -1.01. The number of carbonyl (C=O) groups is 1. The maximum absolute atomic E-state index is 13.9. The molecule has 164 valence electrons. The van der Waals surface area contributed by atoms with Crippen LogP contribution in [0.5, 0.6) is 0 Å². The second kappa shape index (κ2) is 7.73. The zero-order valence-electron chi connectivity index (χ0n) is 18.7.